The third-order valence-corrected chi connectivity index (χ3v) is 3.62. The quantitative estimate of drug-likeness (QED) is 0.778. The number of rotatable bonds is 4. The highest BCUT2D eigenvalue weighted by Crippen LogP contribution is 2.23. The van der Waals surface area contributed by atoms with E-state index in [9.17, 15) is 9.90 Å². The van der Waals surface area contributed by atoms with Gasteiger partial charge in [-0.25, -0.2) is 0 Å². The van der Waals surface area contributed by atoms with Gasteiger partial charge in [0.25, 0.3) is 0 Å². The molecular weight excluding hydrogens is 240 g/mol. The SMILES string of the molecule is CC(O)c1ccccc1NC(=O)CC1CCNCC1. The Hall–Kier alpha value is -1.39. The standard InChI is InChI=1S/C15H22N2O2/c1-11(18)13-4-2-3-5-14(13)17-15(19)10-12-6-8-16-9-7-12/h2-5,11-12,16,18H,6-10H2,1H3,(H,17,19). The lowest BCUT2D eigenvalue weighted by Crippen LogP contribution is -2.30. The number of aliphatic hydroxyl groups is 1. The summed E-state index contributed by atoms with van der Waals surface area (Å²) < 4.78 is 0. The summed E-state index contributed by atoms with van der Waals surface area (Å²) in [6.45, 7) is 3.71. The van der Waals surface area contributed by atoms with Crippen LogP contribution in [0.25, 0.3) is 0 Å². The van der Waals surface area contributed by atoms with Crippen molar-refractivity contribution in [2.75, 3.05) is 18.4 Å². The van der Waals surface area contributed by atoms with Crippen LogP contribution in [-0.4, -0.2) is 24.1 Å². The van der Waals surface area contributed by atoms with Crippen molar-refractivity contribution in [2.45, 2.75) is 32.3 Å². The molecule has 4 nitrogen and oxygen atoms in total. The predicted octanol–water partition coefficient (Wildman–Crippen LogP) is 2.07. The Morgan fingerprint density at radius 1 is 1.42 bits per heavy atom. The topological polar surface area (TPSA) is 61.4 Å². The molecule has 1 aromatic carbocycles. The van der Waals surface area contributed by atoms with E-state index >= 15 is 0 Å². The first-order valence-corrected chi connectivity index (χ1v) is 6.94. The summed E-state index contributed by atoms with van der Waals surface area (Å²) in [6.07, 6.45) is 2.11. The number of hydrogen-bond acceptors (Lipinski definition) is 3. The fourth-order valence-corrected chi connectivity index (χ4v) is 2.52. The maximum Gasteiger partial charge on any atom is 0.224 e. The normalized spacial score (nSPS) is 18.0. The number of nitrogens with one attached hydrogen (secondary N) is 2. The maximum absolute atomic E-state index is 12.0. The minimum absolute atomic E-state index is 0.0417. The van der Waals surface area contributed by atoms with Gasteiger partial charge < -0.3 is 15.7 Å². The number of anilines is 1. The molecule has 19 heavy (non-hydrogen) atoms. The van der Waals surface area contributed by atoms with Crippen molar-refractivity contribution < 1.29 is 9.90 Å². The minimum atomic E-state index is -0.574. The van der Waals surface area contributed by atoms with Crippen LogP contribution in [0.15, 0.2) is 24.3 Å². The highest BCUT2D eigenvalue weighted by Gasteiger charge is 2.17. The molecular formula is C15H22N2O2. The summed E-state index contributed by atoms with van der Waals surface area (Å²) in [5.41, 5.74) is 1.48. The fraction of sp³-hybridized carbons (Fsp3) is 0.533. The van der Waals surface area contributed by atoms with Crippen LogP contribution in [0.5, 0.6) is 0 Å². The van der Waals surface area contributed by atoms with Crippen molar-refractivity contribution in [2.24, 2.45) is 5.92 Å². The first-order valence-electron chi connectivity index (χ1n) is 6.94. The Morgan fingerprint density at radius 3 is 2.79 bits per heavy atom. The summed E-state index contributed by atoms with van der Waals surface area (Å²) in [5, 5.41) is 15.9. The van der Waals surface area contributed by atoms with E-state index in [-0.39, 0.29) is 5.91 Å². The Bertz CT molecular complexity index is 426. The number of hydrogen-bond donors (Lipinski definition) is 3. The lowest BCUT2D eigenvalue weighted by Gasteiger charge is -2.22. The number of benzene rings is 1. The van der Waals surface area contributed by atoms with Crippen LogP contribution in [0.2, 0.25) is 0 Å². The lowest BCUT2D eigenvalue weighted by atomic mass is 9.94. The molecule has 0 radical (unpaired) electrons. The van der Waals surface area contributed by atoms with E-state index in [1.165, 1.54) is 0 Å². The Morgan fingerprint density at radius 2 is 2.11 bits per heavy atom. The third kappa shape index (κ3) is 4.04. The lowest BCUT2D eigenvalue weighted by molar-refractivity contribution is -0.117. The van der Waals surface area contributed by atoms with E-state index in [4.69, 9.17) is 0 Å². The molecule has 1 aliphatic heterocycles. The largest absolute Gasteiger partial charge is 0.389 e. The minimum Gasteiger partial charge on any atom is -0.389 e. The van der Waals surface area contributed by atoms with Crippen LogP contribution in [0.3, 0.4) is 0 Å². The second kappa shape index (κ2) is 6.68. The van der Waals surface area contributed by atoms with Crippen LogP contribution >= 0.6 is 0 Å². The number of aliphatic hydroxyl groups excluding tert-OH is 1. The Balaban J connectivity index is 1.94. The monoisotopic (exact) mass is 262 g/mol. The van der Waals surface area contributed by atoms with E-state index in [0.29, 0.717) is 12.3 Å². The van der Waals surface area contributed by atoms with E-state index in [1.807, 2.05) is 24.3 Å². The molecule has 4 heteroatoms. The van der Waals surface area contributed by atoms with Gasteiger partial charge in [-0.15, -0.1) is 0 Å². The average Bonchev–Trinajstić information content (AvgIpc) is 2.40. The summed E-state index contributed by atoms with van der Waals surface area (Å²) >= 11 is 0. The molecule has 1 atom stereocenters. The van der Waals surface area contributed by atoms with Gasteiger partial charge in [0.15, 0.2) is 0 Å². The molecule has 1 fully saturated rings. The smallest absolute Gasteiger partial charge is 0.224 e. The molecule has 0 bridgehead atoms. The zero-order valence-electron chi connectivity index (χ0n) is 11.4. The van der Waals surface area contributed by atoms with E-state index in [0.717, 1.165) is 37.2 Å². The maximum atomic E-state index is 12.0. The molecule has 1 unspecified atom stereocenters. The van der Waals surface area contributed by atoms with Gasteiger partial charge in [0.05, 0.1) is 6.10 Å². The first-order chi connectivity index (χ1) is 9.16. The van der Waals surface area contributed by atoms with Gasteiger partial charge in [0.2, 0.25) is 5.91 Å². The number of carbonyl (C=O) groups excluding carboxylic acids is 1. The second-order valence-corrected chi connectivity index (χ2v) is 5.21. The van der Waals surface area contributed by atoms with Crippen LogP contribution < -0.4 is 10.6 Å². The Kier molecular flexibility index (Phi) is 4.93. The zero-order chi connectivity index (χ0) is 13.7. The number of para-hydroxylation sites is 1. The molecule has 1 heterocycles. The van der Waals surface area contributed by atoms with Crippen molar-refractivity contribution >= 4 is 11.6 Å². The van der Waals surface area contributed by atoms with Crippen molar-refractivity contribution in [1.82, 2.24) is 5.32 Å². The van der Waals surface area contributed by atoms with Gasteiger partial charge in [-0.05, 0) is 44.8 Å². The van der Waals surface area contributed by atoms with Gasteiger partial charge in [0, 0.05) is 17.7 Å². The van der Waals surface area contributed by atoms with Crippen molar-refractivity contribution in [1.29, 1.82) is 0 Å². The number of amides is 1. The fourth-order valence-electron chi connectivity index (χ4n) is 2.52. The average molecular weight is 262 g/mol. The second-order valence-electron chi connectivity index (χ2n) is 5.21. The summed E-state index contributed by atoms with van der Waals surface area (Å²) in [6, 6.07) is 7.41. The van der Waals surface area contributed by atoms with Crippen LogP contribution in [0, 0.1) is 5.92 Å². The zero-order valence-corrected chi connectivity index (χ0v) is 11.4. The van der Waals surface area contributed by atoms with Crippen molar-refractivity contribution in [3.05, 3.63) is 29.8 Å². The molecule has 104 valence electrons. The summed E-state index contributed by atoms with van der Waals surface area (Å²) in [7, 11) is 0. The third-order valence-electron chi connectivity index (χ3n) is 3.62. The summed E-state index contributed by atoms with van der Waals surface area (Å²) in [5.74, 6) is 0.514. The highest BCUT2D eigenvalue weighted by molar-refractivity contribution is 5.91. The Labute approximate surface area is 114 Å². The van der Waals surface area contributed by atoms with Gasteiger partial charge in [0.1, 0.15) is 0 Å². The molecule has 3 N–H and O–H groups in total. The number of carbonyl (C=O) groups is 1. The van der Waals surface area contributed by atoms with Crippen LogP contribution in [-0.2, 0) is 4.79 Å². The molecule has 0 saturated carbocycles. The van der Waals surface area contributed by atoms with E-state index < -0.39 is 6.10 Å². The molecule has 1 saturated heterocycles. The number of piperidine rings is 1. The first kappa shape index (κ1) is 14.0. The summed E-state index contributed by atoms with van der Waals surface area (Å²) in [4.78, 5) is 12.0. The molecule has 2 rings (SSSR count). The van der Waals surface area contributed by atoms with Crippen molar-refractivity contribution in [3.63, 3.8) is 0 Å². The highest BCUT2D eigenvalue weighted by atomic mass is 16.3. The molecule has 1 aromatic rings. The van der Waals surface area contributed by atoms with Crippen molar-refractivity contribution in [3.8, 4) is 0 Å². The van der Waals surface area contributed by atoms with Gasteiger partial charge >= 0.3 is 0 Å². The van der Waals surface area contributed by atoms with E-state index in [1.54, 1.807) is 6.92 Å². The molecule has 0 aliphatic carbocycles. The predicted molar refractivity (Wildman–Crippen MR) is 75.9 cm³/mol. The van der Waals surface area contributed by atoms with Gasteiger partial charge in [-0.3, -0.25) is 4.79 Å². The molecule has 1 amide bonds. The van der Waals surface area contributed by atoms with E-state index in [2.05, 4.69) is 10.6 Å². The van der Waals surface area contributed by atoms with Crippen LogP contribution in [0.4, 0.5) is 5.69 Å². The molecule has 0 spiro atoms. The molecule has 0 aromatic heterocycles. The van der Waals surface area contributed by atoms with Gasteiger partial charge in [-0.2, -0.15) is 0 Å². The molecule has 1 aliphatic rings. The van der Waals surface area contributed by atoms with Crippen LogP contribution in [0.1, 0.15) is 37.9 Å². The van der Waals surface area contributed by atoms with Gasteiger partial charge in [-0.1, -0.05) is 18.2 Å².